The van der Waals surface area contributed by atoms with Crippen molar-refractivity contribution >= 4 is 33.2 Å². The third-order valence-electron chi connectivity index (χ3n) is 2.92. The molecule has 21 heavy (non-hydrogen) atoms. The summed E-state index contributed by atoms with van der Waals surface area (Å²) in [5.41, 5.74) is 0.878. The predicted octanol–water partition coefficient (Wildman–Crippen LogP) is 2.98. The van der Waals surface area contributed by atoms with Gasteiger partial charge in [0.05, 0.1) is 16.5 Å². The zero-order chi connectivity index (χ0) is 16.3. The first-order valence-electron chi connectivity index (χ1n) is 6.51. The van der Waals surface area contributed by atoms with E-state index < -0.39 is 21.4 Å². The maximum atomic E-state index is 12.0. The fraction of sp³-hybridized carbons (Fsp3) is 0.500. The van der Waals surface area contributed by atoms with Crippen LogP contribution in [-0.4, -0.2) is 32.0 Å². The quantitative estimate of drug-likeness (QED) is 0.870. The normalized spacial score (nSPS) is 12.0. The fourth-order valence-electron chi connectivity index (χ4n) is 1.69. The smallest absolute Gasteiger partial charge is 0.319 e. The molecule has 2 N–H and O–H groups in total. The van der Waals surface area contributed by atoms with Crippen LogP contribution in [-0.2, 0) is 9.84 Å². The van der Waals surface area contributed by atoms with Gasteiger partial charge in [-0.05, 0) is 44.9 Å². The van der Waals surface area contributed by atoms with E-state index in [1.807, 2.05) is 13.0 Å². The second-order valence-electron chi connectivity index (χ2n) is 5.83. The number of amides is 2. The topological polar surface area (TPSA) is 75.3 Å². The van der Waals surface area contributed by atoms with Gasteiger partial charge in [0, 0.05) is 11.8 Å². The van der Waals surface area contributed by atoms with E-state index in [-0.39, 0.29) is 5.75 Å². The van der Waals surface area contributed by atoms with Gasteiger partial charge < -0.3 is 10.6 Å². The molecule has 0 aliphatic heterocycles. The summed E-state index contributed by atoms with van der Waals surface area (Å²) in [6, 6.07) is 4.91. The molecule has 0 atom stereocenters. The highest BCUT2D eigenvalue weighted by molar-refractivity contribution is 7.90. The van der Waals surface area contributed by atoms with Crippen molar-refractivity contribution in [3.8, 4) is 0 Å². The number of halogens is 1. The number of nitrogens with one attached hydrogen (secondary N) is 2. The first-order valence-corrected chi connectivity index (χ1v) is 8.95. The highest BCUT2D eigenvalue weighted by Crippen LogP contribution is 2.22. The summed E-state index contributed by atoms with van der Waals surface area (Å²) in [7, 11) is -3.06. The number of rotatable bonds is 5. The standard InChI is InChI=1S/C14H21ClN2O3S/c1-10-5-6-12(11(15)9-10)16-13(18)17-14(2,3)7-8-21(4,19)20/h5-6,9H,7-8H2,1-4H3,(H2,16,17,18). The number of aryl methyl sites for hydroxylation is 1. The molecule has 0 saturated carbocycles. The lowest BCUT2D eigenvalue weighted by Gasteiger charge is -2.26. The van der Waals surface area contributed by atoms with Crippen LogP contribution in [0.25, 0.3) is 0 Å². The van der Waals surface area contributed by atoms with E-state index in [1.165, 1.54) is 6.26 Å². The first kappa shape index (κ1) is 17.8. The number of hydrogen-bond donors (Lipinski definition) is 2. The van der Waals surface area contributed by atoms with Gasteiger partial charge >= 0.3 is 6.03 Å². The van der Waals surface area contributed by atoms with Crippen LogP contribution in [0.5, 0.6) is 0 Å². The maximum absolute atomic E-state index is 12.0. The number of benzene rings is 1. The van der Waals surface area contributed by atoms with Gasteiger partial charge in [0.1, 0.15) is 9.84 Å². The summed E-state index contributed by atoms with van der Waals surface area (Å²) in [6.07, 6.45) is 1.51. The van der Waals surface area contributed by atoms with Crippen molar-refractivity contribution in [2.45, 2.75) is 32.7 Å². The van der Waals surface area contributed by atoms with Crippen LogP contribution in [0.4, 0.5) is 10.5 Å². The van der Waals surface area contributed by atoms with Gasteiger partial charge in [0.2, 0.25) is 0 Å². The molecule has 0 spiro atoms. The molecule has 0 aliphatic carbocycles. The molecule has 1 aromatic rings. The van der Waals surface area contributed by atoms with Gasteiger partial charge in [0.25, 0.3) is 0 Å². The molecule has 0 unspecified atom stereocenters. The zero-order valence-electron chi connectivity index (χ0n) is 12.7. The maximum Gasteiger partial charge on any atom is 0.319 e. The van der Waals surface area contributed by atoms with E-state index in [9.17, 15) is 13.2 Å². The lowest BCUT2D eigenvalue weighted by Crippen LogP contribution is -2.46. The van der Waals surface area contributed by atoms with Gasteiger partial charge in [-0.2, -0.15) is 0 Å². The average Bonchev–Trinajstić information content (AvgIpc) is 2.29. The molecule has 1 rings (SSSR count). The van der Waals surface area contributed by atoms with E-state index in [0.29, 0.717) is 17.1 Å². The lowest BCUT2D eigenvalue weighted by atomic mass is 10.0. The number of urea groups is 1. The minimum atomic E-state index is -3.06. The third kappa shape index (κ3) is 6.82. The van der Waals surface area contributed by atoms with E-state index >= 15 is 0 Å². The Morgan fingerprint density at radius 2 is 1.95 bits per heavy atom. The van der Waals surface area contributed by atoms with Gasteiger partial charge in [-0.25, -0.2) is 13.2 Å². The van der Waals surface area contributed by atoms with Gasteiger partial charge in [0.15, 0.2) is 0 Å². The highest BCUT2D eigenvalue weighted by Gasteiger charge is 2.22. The molecule has 0 aromatic heterocycles. The number of hydrogen-bond acceptors (Lipinski definition) is 3. The molecular weight excluding hydrogens is 312 g/mol. The van der Waals surface area contributed by atoms with Crippen molar-refractivity contribution in [2.75, 3.05) is 17.3 Å². The van der Waals surface area contributed by atoms with Gasteiger partial charge in [-0.1, -0.05) is 17.7 Å². The summed E-state index contributed by atoms with van der Waals surface area (Å²) < 4.78 is 22.4. The van der Waals surface area contributed by atoms with Crippen molar-refractivity contribution < 1.29 is 13.2 Å². The monoisotopic (exact) mass is 332 g/mol. The minimum absolute atomic E-state index is 0.0194. The van der Waals surface area contributed by atoms with Gasteiger partial charge in [-0.15, -0.1) is 0 Å². The Morgan fingerprint density at radius 3 is 2.48 bits per heavy atom. The first-order chi connectivity index (χ1) is 9.48. The summed E-state index contributed by atoms with van der Waals surface area (Å²) in [5.74, 6) is 0.0194. The summed E-state index contributed by atoms with van der Waals surface area (Å²) in [6.45, 7) is 5.45. The number of carbonyl (C=O) groups excluding carboxylic acids is 1. The van der Waals surface area contributed by atoms with E-state index in [1.54, 1.807) is 26.0 Å². The van der Waals surface area contributed by atoms with E-state index in [2.05, 4.69) is 10.6 Å². The van der Waals surface area contributed by atoms with Crippen molar-refractivity contribution in [1.29, 1.82) is 0 Å². The molecule has 2 amide bonds. The molecular formula is C14H21ClN2O3S. The van der Waals surface area contributed by atoms with Gasteiger partial charge in [-0.3, -0.25) is 0 Å². The summed E-state index contributed by atoms with van der Waals surface area (Å²) in [5, 5.41) is 5.86. The van der Waals surface area contributed by atoms with Crippen LogP contribution in [0.2, 0.25) is 5.02 Å². The fourth-order valence-corrected chi connectivity index (χ4v) is 2.85. The van der Waals surface area contributed by atoms with Crippen LogP contribution in [0.15, 0.2) is 18.2 Å². The Balaban J connectivity index is 2.64. The summed E-state index contributed by atoms with van der Waals surface area (Å²) >= 11 is 6.04. The molecule has 118 valence electrons. The van der Waals surface area contributed by atoms with Crippen LogP contribution in [0.1, 0.15) is 25.8 Å². The third-order valence-corrected chi connectivity index (χ3v) is 4.18. The van der Waals surface area contributed by atoms with Crippen LogP contribution < -0.4 is 10.6 Å². The lowest BCUT2D eigenvalue weighted by molar-refractivity contribution is 0.240. The average molecular weight is 333 g/mol. The van der Waals surface area contributed by atoms with Crippen molar-refractivity contribution in [2.24, 2.45) is 0 Å². The Morgan fingerprint density at radius 1 is 1.33 bits per heavy atom. The SMILES string of the molecule is Cc1ccc(NC(=O)NC(C)(C)CCS(C)(=O)=O)c(Cl)c1. The largest absolute Gasteiger partial charge is 0.333 e. The zero-order valence-corrected chi connectivity index (χ0v) is 14.2. The number of anilines is 1. The Hall–Kier alpha value is -1.27. The molecule has 7 heteroatoms. The van der Waals surface area contributed by atoms with Crippen LogP contribution >= 0.6 is 11.6 Å². The number of carbonyl (C=O) groups is 1. The van der Waals surface area contributed by atoms with Crippen molar-refractivity contribution in [1.82, 2.24) is 5.32 Å². The molecule has 0 heterocycles. The van der Waals surface area contributed by atoms with Crippen molar-refractivity contribution in [3.05, 3.63) is 28.8 Å². The van der Waals surface area contributed by atoms with Crippen LogP contribution in [0, 0.1) is 6.92 Å². The summed E-state index contributed by atoms with van der Waals surface area (Å²) in [4.78, 5) is 12.0. The molecule has 0 fully saturated rings. The molecule has 0 bridgehead atoms. The Bertz CT molecular complexity index is 627. The van der Waals surface area contributed by atoms with E-state index in [0.717, 1.165) is 5.56 Å². The molecule has 0 aliphatic rings. The Labute approximate surface area is 131 Å². The minimum Gasteiger partial charge on any atom is -0.333 e. The molecule has 1 aromatic carbocycles. The highest BCUT2D eigenvalue weighted by atomic mass is 35.5. The predicted molar refractivity (Wildman–Crippen MR) is 86.8 cm³/mol. The second-order valence-corrected chi connectivity index (χ2v) is 8.49. The van der Waals surface area contributed by atoms with Crippen LogP contribution in [0.3, 0.4) is 0 Å². The van der Waals surface area contributed by atoms with Crippen molar-refractivity contribution in [3.63, 3.8) is 0 Å². The Kier molecular flexibility index (Phi) is 5.64. The second kappa shape index (κ2) is 6.66. The molecule has 0 radical (unpaired) electrons. The molecule has 5 nitrogen and oxygen atoms in total. The van der Waals surface area contributed by atoms with E-state index in [4.69, 9.17) is 11.6 Å². The molecule has 0 saturated heterocycles. The number of sulfone groups is 1.